The van der Waals surface area contributed by atoms with Crippen molar-refractivity contribution in [2.45, 2.75) is 6.42 Å². The van der Waals surface area contributed by atoms with Crippen LogP contribution < -0.4 is 21.3 Å². The molecular weight excluding hydrogens is 264 g/mol. The van der Waals surface area contributed by atoms with Crippen LogP contribution >= 0.6 is 0 Å². The highest BCUT2D eigenvalue weighted by Gasteiger charge is 2.09. The van der Waals surface area contributed by atoms with Gasteiger partial charge >= 0.3 is 0 Å². The van der Waals surface area contributed by atoms with E-state index in [0.29, 0.717) is 0 Å². The standard InChI is InChI=1S/C15H34N6/c1(10-20-12-6-16-2-3-17-7-13-20)11-21-14-8-18-4-5-19-9-15-21/h16-19H,1-15H2. The normalized spacial score (nSPS) is 25.1. The summed E-state index contributed by atoms with van der Waals surface area (Å²) in [6, 6.07) is 0. The van der Waals surface area contributed by atoms with E-state index in [-0.39, 0.29) is 0 Å². The Hall–Kier alpha value is -0.240. The van der Waals surface area contributed by atoms with Gasteiger partial charge in [-0.2, -0.15) is 0 Å². The highest BCUT2D eigenvalue weighted by atomic mass is 15.2. The molecule has 0 aromatic carbocycles. The molecule has 0 radical (unpaired) electrons. The van der Waals surface area contributed by atoms with Crippen LogP contribution in [0.25, 0.3) is 0 Å². The fraction of sp³-hybridized carbons (Fsp3) is 1.00. The molecule has 0 aromatic rings. The Kier molecular flexibility index (Phi) is 9.25. The highest BCUT2D eigenvalue weighted by Crippen LogP contribution is 1.96. The number of hydrogen-bond donors (Lipinski definition) is 4. The van der Waals surface area contributed by atoms with Gasteiger partial charge in [0.05, 0.1) is 0 Å². The second-order valence-corrected chi connectivity index (χ2v) is 6.04. The summed E-state index contributed by atoms with van der Waals surface area (Å²) in [5, 5.41) is 14.0. The molecule has 6 heteroatoms. The van der Waals surface area contributed by atoms with E-state index in [9.17, 15) is 0 Å². The van der Waals surface area contributed by atoms with Crippen LogP contribution in [0.5, 0.6) is 0 Å². The lowest BCUT2D eigenvalue weighted by Crippen LogP contribution is -2.38. The molecule has 4 N–H and O–H groups in total. The summed E-state index contributed by atoms with van der Waals surface area (Å²) in [6.45, 7) is 16.1. The number of hydrogen-bond acceptors (Lipinski definition) is 6. The molecule has 2 rings (SSSR count). The first-order valence-corrected chi connectivity index (χ1v) is 8.73. The maximum absolute atomic E-state index is 3.49. The van der Waals surface area contributed by atoms with Gasteiger partial charge in [0.25, 0.3) is 0 Å². The van der Waals surface area contributed by atoms with Crippen molar-refractivity contribution < 1.29 is 0 Å². The summed E-state index contributed by atoms with van der Waals surface area (Å²) in [5.74, 6) is 0. The molecule has 2 aliphatic heterocycles. The summed E-state index contributed by atoms with van der Waals surface area (Å²) >= 11 is 0. The van der Waals surface area contributed by atoms with E-state index < -0.39 is 0 Å². The van der Waals surface area contributed by atoms with E-state index in [1.54, 1.807) is 0 Å². The molecule has 0 unspecified atom stereocenters. The average molecular weight is 298 g/mol. The Morgan fingerprint density at radius 3 is 1.14 bits per heavy atom. The first kappa shape index (κ1) is 17.1. The summed E-state index contributed by atoms with van der Waals surface area (Å²) in [4.78, 5) is 5.19. The summed E-state index contributed by atoms with van der Waals surface area (Å²) in [5.41, 5.74) is 0. The van der Waals surface area contributed by atoms with E-state index >= 15 is 0 Å². The quantitative estimate of drug-likeness (QED) is 0.500. The largest absolute Gasteiger partial charge is 0.314 e. The fourth-order valence-corrected chi connectivity index (χ4v) is 2.99. The predicted molar refractivity (Wildman–Crippen MR) is 89.0 cm³/mol. The lowest BCUT2D eigenvalue weighted by Gasteiger charge is -2.25. The van der Waals surface area contributed by atoms with Gasteiger partial charge in [0.1, 0.15) is 0 Å². The smallest absolute Gasteiger partial charge is 0.0107 e. The van der Waals surface area contributed by atoms with Gasteiger partial charge in [-0.3, -0.25) is 0 Å². The molecule has 0 saturated carbocycles. The van der Waals surface area contributed by atoms with Gasteiger partial charge in [0.2, 0.25) is 0 Å². The zero-order chi connectivity index (χ0) is 14.6. The number of nitrogens with one attached hydrogen (secondary N) is 4. The lowest BCUT2D eigenvalue weighted by molar-refractivity contribution is 0.232. The minimum absolute atomic E-state index is 1.10. The van der Waals surface area contributed by atoms with Crippen molar-refractivity contribution in [1.29, 1.82) is 0 Å². The SMILES string of the molecule is C(CN1CCNCCNCC1)CN1CCNCCNCC1. The van der Waals surface area contributed by atoms with Crippen molar-refractivity contribution in [2.75, 3.05) is 91.6 Å². The fourth-order valence-electron chi connectivity index (χ4n) is 2.99. The van der Waals surface area contributed by atoms with Crippen molar-refractivity contribution in [3.63, 3.8) is 0 Å². The zero-order valence-electron chi connectivity index (χ0n) is 13.5. The molecule has 2 saturated heterocycles. The van der Waals surface area contributed by atoms with E-state index in [4.69, 9.17) is 0 Å². The van der Waals surface area contributed by atoms with Crippen LogP contribution in [0.4, 0.5) is 0 Å². The van der Waals surface area contributed by atoms with Crippen molar-refractivity contribution >= 4 is 0 Å². The molecule has 21 heavy (non-hydrogen) atoms. The summed E-state index contributed by atoms with van der Waals surface area (Å²) in [7, 11) is 0. The van der Waals surface area contributed by atoms with Crippen molar-refractivity contribution in [3.8, 4) is 0 Å². The van der Waals surface area contributed by atoms with Gasteiger partial charge in [0, 0.05) is 78.5 Å². The van der Waals surface area contributed by atoms with Crippen LogP contribution in [0.15, 0.2) is 0 Å². The Bertz CT molecular complexity index is 206. The Morgan fingerprint density at radius 1 is 0.476 bits per heavy atom. The average Bonchev–Trinajstić information content (AvgIpc) is 2.71. The van der Waals surface area contributed by atoms with Crippen molar-refractivity contribution in [1.82, 2.24) is 31.1 Å². The molecular formula is C15H34N6. The molecule has 6 nitrogen and oxygen atoms in total. The minimum Gasteiger partial charge on any atom is -0.314 e. The molecule has 2 fully saturated rings. The lowest BCUT2D eigenvalue weighted by atomic mass is 10.3. The monoisotopic (exact) mass is 298 g/mol. The van der Waals surface area contributed by atoms with E-state index in [0.717, 1.165) is 52.4 Å². The molecule has 124 valence electrons. The van der Waals surface area contributed by atoms with Crippen LogP contribution in [-0.4, -0.2) is 101 Å². The molecule has 0 amide bonds. The Balaban J connectivity index is 1.61. The van der Waals surface area contributed by atoms with Crippen molar-refractivity contribution in [3.05, 3.63) is 0 Å². The van der Waals surface area contributed by atoms with Crippen LogP contribution in [-0.2, 0) is 0 Å². The van der Waals surface area contributed by atoms with Crippen LogP contribution in [0, 0.1) is 0 Å². The molecule has 0 spiro atoms. The zero-order valence-corrected chi connectivity index (χ0v) is 13.5. The summed E-state index contributed by atoms with van der Waals surface area (Å²) in [6.07, 6.45) is 1.28. The first-order valence-electron chi connectivity index (χ1n) is 8.73. The molecule has 0 aromatic heterocycles. The van der Waals surface area contributed by atoms with Gasteiger partial charge in [-0.05, 0) is 19.5 Å². The molecule has 0 atom stereocenters. The van der Waals surface area contributed by atoms with Gasteiger partial charge < -0.3 is 31.1 Å². The van der Waals surface area contributed by atoms with E-state index in [1.165, 1.54) is 45.7 Å². The van der Waals surface area contributed by atoms with Gasteiger partial charge in [-0.25, -0.2) is 0 Å². The summed E-state index contributed by atoms with van der Waals surface area (Å²) < 4.78 is 0. The first-order chi connectivity index (χ1) is 10.4. The van der Waals surface area contributed by atoms with E-state index in [1.807, 2.05) is 0 Å². The number of nitrogens with zero attached hydrogens (tertiary/aromatic N) is 2. The Morgan fingerprint density at radius 2 is 0.810 bits per heavy atom. The second kappa shape index (κ2) is 11.3. The van der Waals surface area contributed by atoms with Crippen LogP contribution in [0.3, 0.4) is 0 Å². The maximum Gasteiger partial charge on any atom is 0.0107 e. The number of rotatable bonds is 4. The Labute approximate surface area is 130 Å². The third-order valence-electron chi connectivity index (χ3n) is 4.33. The van der Waals surface area contributed by atoms with Crippen molar-refractivity contribution in [2.24, 2.45) is 0 Å². The van der Waals surface area contributed by atoms with Gasteiger partial charge in [0.15, 0.2) is 0 Å². The minimum atomic E-state index is 1.10. The second-order valence-electron chi connectivity index (χ2n) is 6.04. The van der Waals surface area contributed by atoms with Gasteiger partial charge in [-0.15, -0.1) is 0 Å². The predicted octanol–water partition coefficient (Wildman–Crippen LogP) is -1.63. The third-order valence-corrected chi connectivity index (χ3v) is 4.33. The molecule has 2 aliphatic rings. The molecule has 2 heterocycles. The topological polar surface area (TPSA) is 54.6 Å². The highest BCUT2D eigenvalue weighted by molar-refractivity contribution is 4.69. The van der Waals surface area contributed by atoms with E-state index in [2.05, 4.69) is 31.1 Å². The molecule has 0 aliphatic carbocycles. The van der Waals surface area contributed by atoms with Crippen LogP contribution in [0.2, 0.25) is 0 Å². The molecule has 0 bridgehead atoms. The van der Waals surface area contributed by atoms with Gasteiger partial charge in [-0.1, -0.05) is 0 Å². The maximum atomic E-state index is 3.49. The van der Waals surface area contributed by atoms with Crippen LogP contribution in [0.1, 0.15) is 6.42 Å². The third kappa shape index (κ3) is 8.09.